The lowest BCUT2D eigenvalue weighted by Crippen LogP contribution is -2.37. The predicted molar refractivity (Wildman–Crippen MR) is 90.4 cm³/mol. The fourth-order valence-corrected chi connectivity index (χ4v) is 3.77. The summed E-state index contributed by atoms with van der Waals surface area (Å²) in [7, 11) is 1.97. The van der Waals surface area contributed by atoms with Gasteiger partial charge in [-0.05, 0) is 30.5 Å². The summed E-state index contributed by atoms with van der Waals surface area (Å²) < 4.78 is 1.98. The Morgan fingerprint density at radius 1 is 1.48 bits per heavy atom. The summed E-state index contributed by atoms with van der Waals surface area (Å²) in [6, 6.07) is 7.72. The first-order chi connectivity index (χ1) is 11.2. The van der Waals surface area contributed by atoms with Crippen molar-refractivity contribution in [3.63, 3.8) is 0 Å². The van der Waals surface area contributed by atoms with Gasteiger partial charge >= 0.3 is 0 Å². The molecular formula is C17H21N3O2S. The van der Waals surface area contributed by atoms with E-state index in [2.05, 4.69) is 4.98 Å². The van der Waals surface area contributed by atoms with E-state index >= 15 is 0 Å². The van der Waals surface area contributed by atoms with Crippen LogP contribution in [0.5, 0.6) is 0 Å². The summed E-state index contributed by atoms with van der Waals surface area (Å²) in [5.74, 6) is 0.792. The summed E-state index contributed by atoms with van der Waals surface area (Å²) in [5, 5.41) is 10.4. The summed E-state index contributed by atoms with van der Waals surface area (Å²) in [6.45, 7) is 0.775. The van der Waals surface area contributed by atoms with Gasteiger partial charge in [-0.3, -0.25) is 4.79 Å². The minimum absolute atomic E-state index is 0.0189. The predicted octanol–water partition coefficient (Wildman–Crippen LogP) is 2.31. The van der Waals surface area contributed by atoms with Crippen LogP contribution in [-0.2, 0) is 12.8 Å². The fourth-order valence-electron chi connectivity index (χ4n) is 2.89. The molecule has 2 aromatic rings. The molecule has 0 unspecified atom stereocenters. The van der Waals surface area contributed by atoms with Crippen LogP contribution in [0.1, 0.15) is 28.8 Å². The fraction of sp³-hybridized carbons (Fsp3) is 0.412. The van der Waals surface area contributed by atoms with Crippen LogP contribution in [0, 0.1) is 0 Å². The number of hydrogen-bond donors (Lipinski definition) is 1. The van der Waals surface area contributed by atoms with Crippen molar-refractivity contribution in [1.82, 2.24) is 14.5 Å². The Balaban J connectivity index is 1.69. The van der Waals surface area contributed by atoms with Crippen molar-refractivity contribution in [3.8, 4) is 0 Å². The Kier molecular flexibility index (Phi) is 5.03. The van der Waals surface area contributed by atoms with Gasteiger partial charge in [0.15, 0.2) is 5.16 Å². The zero-order valence-corrected chi connectivity index (χ0v) is 14.0. The number of aryl methyl sites for hydroxylation is 1. The van der Waals surface area contributed by atoms with E-state index in [1.165, 1.54) is 0 Å². The molecule has 23 heavy (non-hydrogen) atoms. The van der Waals surface area contributed by atoms with Gasteiger partial charge in [0.2, 0.25) is 0 Å². The van der Waals surface area contributed by atoms with Crippen molar-refractivity contribution < 1.29 is 9.90 Å². The molecule has 0 radical (unpaired) electrons. The molecule has 6 heteroatoms. The first kappa shape index (κ1) is 16.1. The van der Waals surface area contributed by atoms with Crippen molar-refractivity contribution in [2.45, 2.75) is 29.8 Å². The second-order valence-electron chi connectivity index (χ2n) is 5.79. The van der Waals surface area contributed by atoms with E-state index in [-0.39, 0.29) is 18.6 Å². The second kappa shape index (κ2) is 7.19. The topological polar surface area (TPSA) is 58.4 Å². The molecule has 122 valence electrons. The number of carbonyl (C=O) groups is 1. The maximum absolute atomic E-state index is 12.6. The molecule has 0 bridgehead atoms. The highest BCUT2D eigenvalue weighted by Crippen LogP contribution is 2.23. The number of carbonyl (C=O) groups excluding carboxylic acids is 1. The average Bonchev–Trinajstić information content (AvgIpc) is 3.21. The Morgan fingerprint density at radius 3 is 3.09 bits per heavy atom. The SMILES string of the molecule is Cn1ccnc1SCc1cccc(C(=O)N2CCC[C@@H]2CO)c1. The van der Waals surface area contributed by atoms with Crippen LogP contribution in [0.3, 0.4) is 0 Å². The quantitative estimate of drug-likeness (QED) is 0.854. The maximum Gasteiger partial charge on any atom is 0.254 e. The zero-order chi connectivity index (χ0) is 16.2. The van der Waals surface area contributed by atoms with Crippen molar-refractivity contribution in [2.24, 2.45) is 7.05 Å². The van der Waals surface area contributed by atoms with Crippen LogP contribution in [0.25, 0.3) is 0 Å². The molecule has 3 rings (SSSR count). The van der Waals surface area contributed by atoms with Crippen molar-refractivity contribution in [1.29, 1.82) is 0 Å². The van der Waals surface area contributed by atoms with Crippen LogP contribution in [0.2, 0.25) is 0 Å². The van der Waals surface area contributed by atoms with Gasteiger partial charge in [-0.2, -0.15) is 0 Å². The van der Waals surface area contributed by atoms with Crippen LogP contribution < -0.4 is 0 Å². The van der Waals surface area contributed by atoms with Gasteiger partial charge in [-0.1, -0.05) is 23.9 Å². The third-order valence-electron chi connectivity index (χ3n) is 4.17. The van der Waals surface area contributed by atoms with E-state index in [0.717, 1.165) is 35.9 Å². The first-order valence-corrected chi connectivity index (χ1v) is 8.78. The standard InChI is InChI=1S/C17H21N3O2S/c1-19-9-7-18-17(19)23-12-13-4-2-5-14(10-13)16(22)20-8-3-6-15(20)11-21/h2,4-5,7,9-10,15,21H,3,6,8,11-12H2,1H3/t15-/m1/s1. The van der Waals surface area contributed by atoms with Gasteiger partial charge in [0.05, 0.1) is 12.6 Å². The lowest BCUT2D eigenvalue weighted by molar-refractivity contribution is 0.0677. The highest BCUT2D eigenvalue weighted by molar-refractivity contribution is 7.98. The van der Waals surface area contributed by atoms with Gasteiger partial charge in [0.25, 0.3) is 5.91 Å². The van der Waals surface area contributed by atoms with Crippen molar-refractivity contribution in [2.75, 3.05) is 13.2 Å². The number of nitrogens with zero attached hydrogens (tertiary/aromatic N) is 3. The molecule has 1 aromatic carbocycles. The average molecular weight is 331 g/mol. The number of thioether (sulfide) groups is 1. The summed E-state index contributed by atoms with van der Waals surface area (Å²) in [5.41, 5.74) is 1.80. The lowest BCUT2D eigenvalue weighted by atomic mass is 10.1. The highest BCUT2D eigenvalue weighted by Gasteiger charge is 2.28. The molecule has 1 amide bonds. The molecule has 1 aromatic heterocycles. The van der Waals surface area contributed by atoms with Gasteiger partial charge in [0, 0.05) is 37.3 Å². The third-order valence-corrected chi connectivity index (χ3v) is 5.30. The van der Waals surface area contributed by atoms with Gasteiger partial charge in [-0.25, -0.2) is 4.98 Å². The Morgan fingerprint density at radius 2 is 2.35 bits per heavy atom. The van der Waals surface area contributed by atoms with Crippen molar-refractivity contribution in [3.05, 3.63) is 47.8 Å². The van der Waals surface area contributed by atoms with E-state index in [9.17, 15) is 9.90 Å². The molecule has 0 spiro atoms. The van der Waals surface area contributed by atoms with Crippen LogP contribution in [-0.4, -0.2) is 44.7 Å². The number of amides is 1. The minimum Gasteiger partial charge on any atom is -0.394 e. The number of imidazole rings is 1. The summed E-state index contributed by atoms with van der Waals surface area (Å²) in [6.07, 6.45) is 5.55. The van der Waals surface area contributed by atoms with E-state index in [0.29, 0.717) is 5.56 Å². The molecule has 5 nitrogen and oxygen atoms in total. The van der Waals surface area contributed by atoms with Gasteiger partial charge < -0.3 is 14.6 Å². The molecular weight excluding hydrogens is 310 g/mol. The van der Waals surface area contributed by atoms with Gasteiger partial charge in [0.1, 0.15) is 0 Å². The monoisotopic (exact) mass is 331 g/mol. The minimum atomic E-state index is -0.0342. The Hall–Kier alpha value is -1.79. The van der Waals surface area contributed by atoms with E-state index in [1.807, 2.05) is 42.1 Å². The van der Waals surface area contributed by atoms with Crippen molar-refractivity contribution >= 4 is 17.7 Å². The van der Waals surface area contributed by atoms with Gasteiger partial charge in [-0.15, -0.1) is 0 Å². The first-order valence-electron chi connectivity index (χ1n) is 7.80. The normalized spacial score (nSPS) is 17.7. The highest BCUT2D eigenvalue weighted by atomic mass is 32.2. The molecule has 2 heterocycles. The molecule has 1 atom stereocenters. The number of hydrogen-bond acceptors (Lipinski definition) is 4. The van der Waals surface area contributed by atoms with E-state index in [1.54, 1.807) is 22.9 Å². The number of benzene rings is 1. The summed E-state index contributed by atoms with van der Waals surface area (Å²) >= 11 is 1.65. The number of rotatable bonds is 5. The van der Waals surface area contributed by atoms with Crippen LogP contribution in [0.4, 0.5) is 0 Å². The number of aliphatic hydroxyl groups is 1. The molecule has 0 saturated carbocycles. The molecule has 1 N–H and O–H groups in total. The van der Waals surface area contributed by atoms with Crippen LogP contribution in [0.15, 0.2) is 41.8 Å². The molecule has 1 aliphatic heterocycles. The zero-order valence-electron chi connectivity index (χ0n) is 13.2. The molecule has 1 saturated heterocycles. The number of aliphatic hydroxyl groups excluding tert-OH is 1. The maximum atomic E-state index is 12.6. The van der Waals surface area contributed by atoms with Crippen LogP contribution >= 0.6 is 11.8 Å². The smallest absolute Gasteiger partial charge is 0.254 e. The second-order valence-corrected chi connectivity index (χ2v) is 6.73. The number of likely N-dealkylation sites (tertiary alicyclic amines) is 1. The molecule has 1 aliphatic rings. The molecule has 0 aliphatic carbocycles. The number of aromatic nitrogens is 2. The third kappa shape index (κ3) is 3.59. The Labute approximate surface area is 140 Å². The lowest BCUT2D eigenvalue weighted by Gasteiger charge is -2.23. The largest absolute Gasteiger partial charge is 0.394 e. The molecule has 1 fully saturated rings. The Bertz CT molecular complexity index is 686. The summed E-state index contributed by atoms with van der Waals surface area (Å²) in [4.78, 5) is 18.7. The van der Waals surface area contributed by atoms with E-state index < -0.39 is 0 Å². The van der Waals surface area contributed by atoms with E-state index in [4.69, 9.17) is 0 Å².